The molecule has 3 amide bonds. The number of imide groups is 1. The van der Waals surface area contributed by atoms with Crippen molar-refractivity contribution in [3.8, 4) is 0 Å². The van der Waals surface area contributed by atoms with E-state index in [9.17, 15) is 22.8 Å². The smallest absolute Gasteiger partial charge is 0.249 e. The topological polar surface area (TPSA) is 113 Å². The van der Waals surface area contributed by atoms with E-state index in [0.717, 1.165) is 12.8 Å². The summed E-state index contributed by atoms with van der Waals surface area (Å²) in [4.78, 5) is 38.1. The second-order valence-corrected chi connectivity index (χ2v) is 11.8. The molecule has 7 unspecified atom stereocenters. The average molecular weight is 460 g/mol. The zero-order valence-electron chi connectivity index (χ0n) is 17.2. The Balaban J connectivity index is 1.40. The minimum atomic E-state index is -3.49. The van der Waals surface area contributed by atoms with Crippen LogP contribution in [-0.4, -0.2) is 60.3 Å². The number of nitrogens with one attached hydrogen (secondary N) is 2. The van der Waals surface area contributed by atoms with Crippen molar-refractivity contribution in [2.75, 3.05) is 6.54 Å². The van der Waals surface area contributed by atoms with Crippen molar-refractivity contribution < 1.29 is 22.8 Å². The van der Waals surface area contributed by atoms with Crippen LogP contribution in [0.3, 0.4) is 0 Å². The van der Waals surface area contributed by atoms with Gasteiger partial charge in [0, 0.05) is 30.3 Å². The predicted molar refractivity (Wildman–Crippen MR) is 111 cm³/mol. The molecule has 4 aliphatic rings. The van der Waals surface area contributed by atoms with Crippen molar-refractivity contribution >= 4 is 39.3 Å². The maximum absolute atomic E-state index is 13.0. The summed E-state index contributed by atoms with van der Waals surface area (Å²) < 4.78 is 29.0. The molecule has 0 aromatic carbocycles. The van der Waals surface area contributed by atoms with Gasteiger partial charge in [-0.2, -0.15) is 0 Å². The van der Waals surface area contributed by atoms with Gasteiger partial charge in [0.1, 0.15) is 6.04 Å². The summed E-state index contributed by atoms with van der Waals surface area (Å²) in [5.74, 6) is -0.985. The number of nitrogens with zero attached hydrogens (tertiary/aromatic N) is 1. The molecule has 0 aromatic heterocycles. The number of alkyl halides is 1. The van der Waals surface area contributed by atoms with Gasteiger partial charge in [0.2, 0.25) is 27.7 Å². The molecule has 8 nitrogen and oxygen atoms in total. The number of piperidine rings is 1. The molecular formula is C20H30ClN3O5S. The number of carbonyl (C=O) groups is 3. The van der Waals surface area contributed by atoms with Gasteiger partial charge in [-0.1, -0.05) is 13.3 Å². The van der Waals surface area contributed by atoms with Gasteiger partial charge >= 0.3 is 0 Å². The summed E-state index contributed by atoms with van der Waals surface area (Å²) >= 11 is 6.32. The Hall–Kier alpha value is -1.19. The van der Waals surface area contributed by atoms with Crippen LogP contribution in [0.25, 0.3) is 0 Å². The molecule has 0 spiro atoms. The van der Waals surface area contributed by atoms with E-state index in [1.165, 1.54) is 0 Å². The lowest BCUT2D eigenvalue weighted by molar-refractivity contribution is -0.144. The molecule has 2 N–H and O–H groups in total. The highest BCUT2D eigenvalue weighted by Crippen LogP contribution is 2.40. The Morgan fingerprint density at radius 1 is 1.10 bits per heavy atom. The Morgan fingerprint density at radius 2 is 1.87 bits per heavy atom. The van der Waals surface area contributed by atoms with Crippen molar-refractivity contribution in [2.45, 2.75) is 81.0 Å². The molecule has 2 saturated heterocycles. The molecule has 2 aliphatic carbocycles. The van der Waals surface area contributed by atoms with E-state index >= 15 is 0 Å². The lowest BCUT2D eigenvalue weighted by Gasteiger charge is -2.35. The Labute approximate surface area is 182 Å². The number of halogens is 1. The maximum Gasteiger partial charge on any atom is 0.249 e. The summed E-state index contributed by atoms with van der Waals surface area (Å²) in [6, 6.07) is -0.798. The van der Waals surface area contributed by atoms with Gasteiger partial charge in [0.25, 0.3) is 0 Å². The van der Waals surface area contributed by atoms with Crippen LogP contribution in [0.5, 0.6) is 0 Å². The van der Waals surface area contributed by atoms with Crippen LogP contribution in [-0.2, 0) is 24.4 Å². The first-order chi connectivity index (χ1) is 14.2. The van der Waals surface area contributed by atoms with Crippen LogP contribution in [0.1, 0.15) is 58.3 Å². The van der Waals surface area contributed by atoms with Crippen LogP contribution in [0.15, 0.2) is 0 Å². The van der Waals surface area contributed by atoms with Gasteiger partial charge in [-0.3, -0.25) is 19.7 Å². The Kier molecular flexibility index (Phi) is 6.16. The number of amides is 3. The first-order valence-corrected chi connectivity index (χ1v) is 12.9. The van der Waals surface area contributed by atoms with Crippen LogP contribution < -0.4 is 10.0 Å². The van der Waals surface area contributed by atoms with Crippen molar-refractivity contribution in [2.24, 2.45) is 17.8 Å². The molecule has 10 heteroatoms. The highest BCUT2D eigenvalue weighted by Gasteiger charge is 2.49. The van der Waals surface area contributed by atoms with Gasteiger partial charge < -0.3 is 4.90 Å². The summed E-state index contributed by atoms with van der Waals surface area (Å²) in [6.45, 7) is 2.35. The van der Waals surface area contributed by atoms with Crippen molar-refractivity contribution in [1.82, 2.24) is 14.9 Å². The van der Waals surface area contributed by atoms with E-state index in [4.69, 9.17) is 11.6 Å². The molecular weight excluding hydrogens is 430 g/mol. The molecule has 2 heterocycles. The molecule has 2 saturated carbocycles. The SMILES string of the molecule is CC1C(Cl)CCCC1S(=O)(=O)NC1CCC2C(=O)N(C3CCC(=O)NC3=O)CC2C1. The number of sulfonamides is 1. The fourth-order valence-electron chi connectivity index (χ4n) is 5.74. The lowest BCUT2D eigenvalue weighted by atomic mass is 9.79. The van der Waals surface area contributed by atoms with E-state index in [2.05, 4.69) is 10.0 Å². The standard InChI is InChI=1S/C20H30ClN3O5S/c1-11-15(21)3-2-4-17(11)30(28,29)23-13-5-6-14-12(9-13)10-24(20(14)27)16-7-8-18(25)22-19(16)26/h11-17,23H,2-10H2,1H3,(H,22,25,26). The minimum absolute atomic E-state index is 0.0222. The number of fused-ring (bicyclic) bond motifs is 1. The summed E-state index contributed by atoms with van der Waals surface area (Å²) in [5, 5.41) is 1.72. The Bertz CT molecular complexity index is 834. The highest BCUT2D eigenvalue weighted by atomic mass is 35.5. The third kappa shape index (κ3) is 4.12. The first kappa shape index (κ1) is 22.0. The first-order valence-electron chi connectivity index (χ1n) is 11.0. The van der Waals surface area contributed by atoms with E-state index in [1.54, 1.807) is 4.90 Å². The summed E-state index contributed by atoms with van der Waals surface area (Å²) in [6.07, 6.45) is 4.68. The molecule has 168 valence electrons. The van der Waals surface area contributed by atoms with Gasteiger partial charge in [0.15, 0.2) is 0 Å². The lowest BCUT2D eigenvalue weighted by Crippen LogP contribution is -2.53. The van der Waals surface area contributed by atoms with Gasteiger partial charge in [-0.05, 0) is 50.4 Å². The largest absolute Gasteiger partial charge is 0.330 e. The Morgan fingerprint density at radius 3 is 2.60 bits per heavy atom. The molecule has 0 aromatic rings. The van der Waals surface area contributed by atoms with Crippen molar-refractivity contribution in [1.29, 1.82) is 0 Å². The summed E-state index contributed by atoms with van der Waals surface area (Å²) in [5.41, 5.74) is 0. The molecule has 4 rings (SSSR count). The summed E-state index contributed by atoms with van der Waals surface area (Å²) in [7, 11) is -3.49. The monoisotopic (exact) mass is 459 g/mol. The van der Waals surface area contributed by atoms with E-state index in [1.807, 2.05) is 6.92 Å². The zero-order chi connectivity index (χ0) is 21.6. The second kappa shape index (κ2) is 8.39. The van der Waals surface area contributed by atoms with Gasteiger partial charge in [-0.25, -0.2) is 13.1 Å². The predicted octanol–water partition coefficient (Wildman–Crippen LogP) is 1.13. The average Bonchev–Trinajstić information content (AvgIpc) is 2.99. The van der Waals surface area contributed by atoms with E-state index in [0.29, 0.717) is 38.6 Å². The van der Waals surface area contributed by atoms with E-state index in [-0.39, 0.29) is 47.4 Å². The molecule has 0 bridgehead atoms. The minimum Gasteiger partial charge on any atom is -0.330 e. The fraction of sp³-hybridized carbons (Fsp3) is 0.850. The normalized spacial score (nSPS) is 40.3. The number of carbonyl (C=O) groups excluding carboxylic acids is 3. The third-order valence-corrected chi connectivity index (χ3v) is 10.2. The number of hydrogen-bond acceptors (Lipinski definition) is 5. The zero-order valence-corrected chi connectivity index (χ0v) is 18.8. The van der Waals surface area contributed by atoms with Crippen LogP contribution in [0.2, 0.25) is 0 Å². The van der Waals surface area contributed by atoms with Crippen molar-refractivity contribution in [3.05, 3.63) is 0 Å². The van der Waals surface area contributed by atoms with Crippen LogP contribution >= 0.6 is 11.6 Å². The van der Waals surface area contributed by atoms with Gasteiger partial charge in [0.05, 0.1) is 5.25 Å². The molecule has 2 aliphatic heterocycles. The number of hydrogen-bond donors (Lipinski definition) is 2. The maximum atomic E-state index is 13.0. The third-order valence-electron chi connectivity index (χ3n) is 7.46. The number of rotatable bonds is 4. The quantitative estimate of drug-likeness (QED) is 0.483. The second-order valence-electron chi connectivity index (χ2n) is 9.34. The van der Waals surface area contributed by atoms with Gasteiger partial charge in [-0.15, -0.1) is 11.6 Å². The molecule has 7 atom stereocenters. The molecule has 30 heavy (non-hydrogen) atoms. The highest BCUT2D eigenvalue weighted by molar-refractivity contribution is 7.90. The van der Waals surface area contributed by atoms with E-state index < -0.39 is 27.2 Å². The molecule has 4 fully saturated rings. The molecule has 0 radical (unpaired) electrons. The van der Waals surface area contributed by atoms with Crippen molar-refractivity contribution in [3.63, 3.8) is 0 Å². The fourth-order valence-corrected chi connectivity index (χ4v) is 8.25. The van der Waals surface area contributed by atoms with Crippen LogP contribution in [0, 0.1) is 17.8 Å². The van der Waals surface area contributed by atoms with Crippen LogP contribution in [0.4, 0.5) is 0 Å². The number of likely N-dealkylation sites (tertiary alicyclic amines) is 1.